The number of thiophene rings is 1. The molecule has 1 saturated heterocycles. The molecule has 0 atom stereocenters. The van der Waals surface area contributed by atoms with Crippen LogP contribution in [-0.2, 0) is 6.67 Å². The van der Waals surface area contributed by atoms with Crippen LogP contribution in [0.4, 0.5) is 0 Å². The van der Waals surface area contributed by atoms with Crippen molar-refractivity contribution in [2.45, 2.75) is 25.9 Å². The highest BCUT2D eigenvalue weighted by Gasteiger charge is 2.21. The monoisotopic (exact) mass is 387 g/mol. The highest BCUT2D eigenvalue weighted by atomic mass is 32.1. The lowest BCUT2D eigenvalue weighted by Gasteiger charge is -2.22. The van der Waals surface area contributed by atoms with Crippen LogP contribution in [0.25, 0.3) is 16.4 Å². The summed E-state index contributed by atoms with van der Waals surface area (Å²) in [6.45, 7) is 3.20. The number of piperidine rings is 1. The zero-order valence-electron chi connectivity index (χ0n) is 14.9. The number of ether oxygens (including phenoxy) is 1. The number of para-hydroxylation sites is 2. The molecule has 0 saturated carbocycles. The molecule has 0 bridgehead atoms. The summed E-state index contributed by atoms with van der Waals surface area (Å²) in [7, 11) is 1.69. The first-order chi connectivity index (χ1) is 12.8. The first-order valence-electron chi connectivity index (χ1n) is 8.98. The average Bonchev–Trinajstić information content (AvgIpc) is 3.31. The predicted octanol–water partition coefficient (Wildman–Crippen LogP) is 3.17. The van der Waals surface area contributed by atoms with Crippen molar-refractivity contribution in [2.24, 2.45) is 0 Å². The summed E-state index contributed by atoms with van der Waals surface area (Å²) in [5, 5.41) is 6.98. The topological polar surface area (TPSA) is 36.4 Å². The number of nitrogens with zero attached hydrogens (tertiary/aromatic N) is 3. The number of nitrogens with one attached hydrogen (secondary N) is 1. The van der Waals surface area contributed by atoms with Crippen LogP contribution in [0.15, 0.2) is 41.8 Å². The van der Waals surface area contributed by atoms with Crippen LogP contribution in [0.5, 0.6) is 5.75 Å². The number of rotatable bonds is 5. The third kappa shape index (κ3) is 3.34. The van der Waals surface area contributed by atoms with E-state index in [0.717, 1.165) is 33.6 Å². The maximum atomic E-state index is 5.84. The molecule has 1 N–H and O–H groups in total. The molecule has 3 heterocycles. The summed E-state index contributed by atoms with van der Waals surface area (Å²) < 4.78 is 10.3. The van der Waals surface area contributed by atoms with E-state index in [-0.39, 0.29) is 0 Å². The van der Waals surface area contributed by atoms with Crippen molar-refractivity contribution in [3.63, 3.8) is 0 Å². The van der Waals surface area contributed by atoms with Gasteiger partial charge in [0, 0.05) is 0 Å². The molecular weight excluding hydrogens is 364 g/mol. The van der Waals surface area contributed by atoms with Gasteiger partial charge in [0.15, 0.2) is 12.5 Å². The molecule has 5 nitrogen and oxygen atoms in total. The summed E-state index contributed by atoms with van der Waals surface area (Å²) in [5.74, 6) is 1.68. The predicted molar refractivity (Wildman–Crippen MR) is 107 cm³/mol. The quantitative estimate of drug-likeness (QED) is 0.683. The normalized spacial score (nSPS) is 15.3. The van der Waals surface area contributed by atoms with Gasteiger partial charge in [-0.1, -0.05) is 18.2 Å². The van der Waals surface area contributed by atoms with Crippen molar-refractivity contribution in [3.05, 3.63) is 46.5 Å². The summed E-state index contributed by atoms with van der Waals surface area (Å²) in [5.41, 5.74) is 0.934. The number of methoxy groups -OCH3 is 1. The number of quaternary nitrogens is 1. The molecule has 4 rings (SSSR count). The Labute approximate surface area is 162 Å². The lowest BCUT2D eigenvalue weighted by molar-refractivity contribution is -0.928. The van der Waals surface area contributed by atoms with Crippen molar-refractivity contribution in [1.29, 1.82) is 0 Å². The van der Waals surface area contributed by atoms with E-state index in [4.69, 9.17) is 22.1 Å². The molecule has 7 heteroatoms. The molecule has 26 heavy (non-hydrogen) atoms. The molecule has 0 spiro atoms. The van der Waals surface area contributed by atoms with Gasteiger partial charge >= 0.3 is 0 Å². The minimum absolute atomic E-state index is 0.718. The highest BCUT2D eigenvalue weighted by molar-refractivity contribution is 7.71. The Kier molecular flexibility index (Phi) is 5.19. The van der Waals surface area contributed by atoms with Crippen molar-refractivity contribution >= 4 is 23.6 Å². The second kappa shape index (κ2) is 7.73. The number of hydrogen-bond acceptors (Lipinski definition) is 4. The van der Waals surface area contributed by atoms with Gasteiger partial charge in [0.25, 0.3) is 0 Å². The number of benzene rings is 1. The van der Waals surface area contributed by atoms with Crippen LogP contribution >= 0.6 is 23.6 Å². The van der Waals surface area contributed by atoms with E-state index >= 15 is 0 Å². The van der Waals surface area contributed by atoms with Crippen LogP contribution in [0.2, 0.25) is 0 Å². The molecule has 0 unspecified atom stereocenters. The van der Waals surface area contributed by atoms with Crippen molar-refractivity contribution in [1.82, 2.24) is 14.3 Å². The zero-order valence-corrected chi connectivity index (χ0v) is 16.5. The molecule has 1 aromatic carbocycles. The third-order valence-electron chi connectivity index (χ3n) is 4.84. The molecule has 0 aliphatic carbocycles. The first kappa shape index (κ1) is 17.5. The third-order valence-corrected chi connectivity index (χ3v) is 6.10. The van der Waals surface area contributed by atoms with E-state index in [1.54, 1.807) is 23.3 Å². The minimum atomic E-state index is 0.718. The van der Waals surface area contributed by atoms with E-state index in [0.29, 0.717) is 0 Å². The van der Waals surface area contributed by atoms with E-state index in [9.17, 15) is 0 Å². The van der Waals surface area contributed by atoms with Gasteiger partial charge in [-0.2, -0.15) is 4.68 Å². The maximum Gasteiger partial charge on any atom is 0.207 e. The lowest BCUT2D eigenvalue weighted by Crippen LogP contribution is -3.12. The van der Waals surface area contributed by atoms with Crippen LogP contribution in [0, 0.1) is 4.77 Å². The molecule has 1 aliphatic heterocycles. The van der Waals surface area contributed by atoms with Crippen LogP contribution in [0.3, 0.4) is 0 Å². The Morgan fingerprint density at radius 3 is 2.69 bits per heavy atom. The lowest BCUT2D eigenvalue weighted by atomic mass is 10.1. The van der Waals surface area contributed by atoms with E-state index < -0.39 is 0 Å². The van der Waals surface area contributed by atoms with E-state index in [1.165, 1.54) is 32.4 Å². The maximum absolute atomic E-state index is 5.84. The molecule has 3 aromatic rings. The average molecular weight is 388 g/mol. The minimum Gasteiger partial charge on any atom is -0.495 e. The molecular formula is C19H23N4OS2+. The van der Waals surface area contributed by atoms with Gasteiger partial charge in [-0.25, -0.2) is 0 Å². The number of likely N-dealkylation sites (tertiary alicyclic amines) is 1. The molecule has 1 aliphatic rings. The van der Waals surface area contributed by atoms with E-state index in [1.807, 2.05) is 39.6 Å². The SMILES string of the molecule is COc1ccccc1-n1c(-c2cccs2)nn(C[NH+]2CCCCC2)c1=S. The van der Waals surface area contributed by atoms with Crippen molar-refractivity contribution in [3.8, 4) is 22.1 Å². The summed E-state index contributed by atoms with van der Waals surface area (Å²) >= 11 is 7.52. The van der Waals surface area contributed by atoms with Gasteiger partial charge in [-0.05, 0) is 55.1 Å². The zero-order chi connectivity index (χ0) is 17.9. The van der Waals surface area contributed by atoms with Crippen molar-refractivity contribution in [2.75, 3.05) is 20.2 Å². The Morgan fingerprint density at radius 1 is 1.15 bits per heavy atom. The van der Waals surface area contributed by atoms with Gasteiger partial charge in [-0.15, -0.1) is 16.4 Å². The van der Waals surface area contributed by atoms with E-state index in [2.05, 4.69) is 11.4 Å². The molecule has 2 aromatic heterocycles. The van der Waals surface area contributed by atoms with Crippen molar-refractivity contribution < 1.29 is 9.64 Å². The Morgan fingerprint density at radius 2 is 1.96 bits per heavy atom. The van der Waals surface area contributed by atoms with Crippen LogP contribution < -0.4 is 9.64 Å². The Hall–Kier alpha value is -1.96. The largest absolute Gasteiger partial charge is 0.495 e. The molecule has 0 amide bonds. The fraction of sp³-hybridized carbons (Fsp3) is 0.368. The summed E-state index contributed by atoms with van der Waals surface area (Å²) in [6, 6.07) is 12.1. The standard InChI is InChI=1S/C19H22N4OS2/c1-24-16-9-4-3-8-15(16)23-18(17-10-7-13-26-17)20-22(19(23)25)14-21-11-5-2-6-12-21/h3-4,7-10,13H,2,5-6,11-12,14H2,1H3/p+1. The van der Waals surface area contributed by atoms with Crippen LogP contribution in [0.1, 0.15) is 19.3 Å². The van der Waals surface area contributed by atoms with Gasteiger partial charge in [0.1, 0.15) is 5.75 Å². The van der Waals surface area contributed by atoms with Gasteiger partial charge < -0.3 is 9.64 Å². The van der Waals surface area contributed by atoms with Gasteiger partial charge in [0.05, 0.1) is 30.8 Å². The smallest absolute Gasteiger partial charge is 0.207 e. The molecule has 1 fully saturated rings. The second-order valence-electron chi connectivity index (χ2n) is 6.56. The molecule has 0 radical (unpaired) electrons. The van der Waals surface area contributed by atoms with Gasteiger partial charge in [0.2, 0.25) is 4.77 Å². The Balaban J connectivity index is 1.82. The highest BCUT2D eigenvalue weighted by Crippen LogP contribution is 2.30. The van der Waals surface area contributed by atoms with Gasteiger partial charge in [-0.3, -0.25) is 4.57 Å². The second-order valence-corrected chi connectivity index (χ2v) is 7.87. The summed E-state index contributed by atoms with van der Waals surface area (Å²) in [4.78, 5) is 2.66. The fourth-order valence-corrected chi connectivity index (χ4v) is 4.52. The van der Waals surface area contributed by atoms with Crippen LogP contribution in [-0.4, -0.2) is 34.5 Å². The summed E-state index contributed by atoms with van der Waals surface area (Å²) in [6.07, 6.45) is 3.91. The molecule has 136 valence electrons. The number of aromatic nitrogens is 3. The fourth-order valence-electron chi connectivity index (χ4n) is 3.53. The first-order valence-corrected chi connectivity index (χ1v) is 10.3. The number of hydrogen-bond donors (Lipinski definition) is 1. The Bertz CT molecular complexity index is 923.